The van der Waals surface area contributed by atoms with Crippen molar-refractivity contribution in [3.05, 3.63) is 34.3 Å². The highest BCUT2D eigenvalue weighted by molar-refractivity contribution is 9.10. The SMILES string of the molecule is CC(C)(C)NCC(O)(c1ccc(Br)cc1)C(F)F. The Labute approximate surface area is 115 Å². The molecule has 0 heterocycles. The van der Waals surface area contributed by atoms with Gasteiger partial charge < -0.3 is 10.4 Å². The van der Waals surface area contributed by atoms with E-state index in [4.69, 9.17) is 0 Å². The molecule has 1 atom stereocenters. The summed E-state index contributed by atoms with van der Waals surface area (Å²) in [5, 5.41) is 13.1. The van der Waals surface area contributed by atoms with Crippen LogP contribution in [-0.2, 0) is 5.60 Å². The summed E-state index contributed by atoms with van der Waals surface area (Å²) in [6.45, 7) is 5.39. The highest BCUT2D eigenvalue weighted by Crippen LogP contribution is 2.29. The van der Waals surface area contributed by atoms with Crippen molar-refractivity contribution in [2.45, 2.75) is 38.3 Å². The molecule has 5 heteroatoms. The lowest BCUT2D eigenvalue weighted by molar-refractivity contribution is -0.102. The molecule has 0 spiro atoms. The third kappa shape index (κ3) is 4.00. The molecule has 18 heavy (non-hydrogen) atoms. The van der Waals surface area contributed by atoms with Crippen molar-refractivity contribution in [2.75, 3.05) is 6.54 Å². The maximum Gasteiger partial charge on any atom is 0.272 e. The number of rotatable bonds is 4. The van der Waals surface area contributed by atoms with Gasteiger partial charge in [-0.25, -0.2) is 8.78 Å². The van der Waals surface area contributed by atoms with E-state index in [1.807, 2.05) is 20.8 Å². The van der Waals surface area contributed by atoms with Crippen molar-refractivity contribution in [2.24, 2.45) is 0 Å². The van der Waals surface area contributed by atoms with Crippen molar-refractivity contribution in [1.29, 1.82) is 0 Å². The lowest BCUT2D eigenvalue weighted by Crippen LogP contribution is -2.49. The number of aliphatic hydroxyl groups is 1. The molecule has 0 aliphatic rings. The summed E-state index contributed by atoms with van der Waals surface area (Å²) >= 11 is 3.24. The van der Waals surface area contributed by atoms with E-state index in [1.54, 1.807) is 12.1 Å². The van der Waals surface area contributed by atoms with Crippen LogP contribution in [-0.4, -0.2) is 23.6 Å². The lowest BCUT2D eigenvalue weighted by Gasteiger charge is -2.32. The van der Waals surface area contributed by atoms with Gasteiger partial charge in [-0.15, -0.1) is 0 Å². The zero-order valence-corrected chi connectivity index (χ0v) is 12.3. The van der Waals surface area contributed by atoms with Crippen molar-refractivity contribution in [3.63, 3.8) is 0 Å². The first kappa shape index (κ1) is 15.5. The van der Waals surface area contributed by atoms with Crippen LogP contribution in [0.5, 0.6) is 0 Å². The van der Waals surface area contributed by atoms with Crippen LogP contribution >= 0.6 is 15.9 Å². The Bertz CT molecular complexity index is 389. The summed E-state index contributed by atoms with van der Waals surface area (Å²) < 4.78 is 27.1. The zero-order chi connectivity index (χ0) is 14.0. The Morgan fingerprint density at radius 3 is 2.11 bits per heavy atom. The van der Waals surface area contributed by atoms with Crippen LogP contribution < -0.4 is 5.32 Å². The highest BCUT2D eigenvalue weighted by atomic mass is 79.9. The molecule has 102 valence electrons. The molecule has 0 bridgehead atoms. The first-order valence-electron chi connectivity index (χ1n) is 5.67. The molecule has 1 unspecified atom stereocenters. The molecule has 0 amide bonds. The average molecular weight is 322 g/mol. The van der Waals surface area contributed by atoms with Crippen molar-refractivity contribution >= 4 is 15.9 Å². The molecule has 0 aliphatic heterocycles. The molecular weight excluding hydrogens is 304 g/mol. The standard InChI is InChI=1S/C13H18BrF2NO/c1-12(2,3)17-8-13(18,11(15)16)9-4-6-10(14)7-5-9/h4-7,11,17-18H,8H2,1-3H3. The Hall–Kier alpha value is -0.520. The minimum absolute atomic E-state index is 0.199. The maximum absolute atomic E-state index is 13.1. The van der Waals surface area contributed by atoms with E-state index < -0.39 is 12.0 Å². The van der Waals surface area contributed by atoms with Crippen LogP contribution in [0.25, 0.3) is 0 Å². The predicted molar refractivity (Wildman–Crippen MR) is 71.8 cm³/mol. The van der Waals surface area contributed by atoms with Crippen LogP contribution in [0.2, 0.25) is 0 Å². The fraction of sp³-hybridized carbons (Fsp3) is 0.538. The van der Waals surface area contributed by atoms with Gasteiger partial charge in [-0.2, -0.15) is 0 Å². The molecule has 0 radical (unpaired) electrons. The van der Waals surface area contributed by atoms with Crippen LogP contribution in [0.1, 0.15) is 26.3 Å². The van der Waals surface area contributed by atoms with E-state index in [2.05, 4.69) is 21.2 Å². The fourth-order valence-corrected chi connectivity index (χ4v) is 1.71. The molecule has 1 aromatic carbocycles. The Morgan fingerprint density at radius 2 is 1.72 bits per heavy atom. The second-order valence-electron chi connectivity index (χ2n) is 5.34. The molecule has 1 aromatic rings. The van der Waals surface area contributed by atoms with Crippen molar-refractivity contribution in [3.8, 4) is 0 Å². The minimum Gasteiger partial charge on any atom is -0.378 e. The second-order valence-corrected chi connectivity index (χ2v) is 6.25. The molecule has 1 rings (SSSR count). The van der Waals surface area contributed by atoms with E-state index in [9.17, 15) is 13.9 Å². The summed E-state index contributed by atoms with van der Waals surface area (Å²) in [6, 6.07) is 6.28. The molecule has 0 saturated heterocycles. The number of hydrogen-bond donors (Lipinski definition) is 2. The normalized spacial score (nSPS) is 15.8. The van der Waals surface area contributed by atoms with Gasteiger partial charge in [0, 0.05) is 16.6 Å². The molecular formula is C13H18BrF2NO. The van der Waals surface area contributed by atoms with Gasteiger partial charge in [0.1, 0.15) is 0 Å². The van der Waals surface area contributed by atoms with E-state index in [0.29, 0.717) is 0 Å². The summed E-state index contributed by atoms with van der Waals surface area (Å²) in [5.74, 6) is 0. The van der Waals surface area contributed by atoms with Crippen molar-refractivity contribution in [1.82, 2.24) is 5.32 Å². The van der Waals surface area contributed by atoms with E-state index in [0.717, 1.165) is 4.47 Å². The number of alkyl halides is 2. The summed E-state index contributed by atoms with van der Waals surface area (Å²) in [5.41, 5.74) is -2.30. The summed E-state index contributed by atoms with van der Waals surface area (Å²) in [6.07, 6.45) is -2.85. The zero-order valence-electron chi connectivity index (χ0n) is 10.7. The first-order chi connectivity index (χ1) is 8.15. The lowest BCUT2D eigenvalue weighted by atomic mass is 9.93. The topological polar surface area (TPSA) is 32.3 Å². The molecule has 2 N–H and O–H groups in total. The fourth-order valence-electron chi connectivity index (χ4n) is 1.44. The first-order valence-corrected chi connectivity index (χ1v) is 6.46. The number of β-amino-alcohol motifs (C(OH)–C–C–N with tert-alkyl or cyclic N) is 1. The van der Waals surface area contributed by atoms with E-state index in [1.165, 1.54) is 12.1 Å². The second kappa shape index (κ2) is 5.63. The van der Waals surface area contributed by atoms with Gasteiger partial charge in [0.2, 0.25) is 0 Å². The largest absolute Gasteiger partial charge is 0.378 e. The summed E-state index contributed by atoms with van der Waals surface area (Å²) in [4.78, 5) is 0. The molecule has 0 aliphatic carbocycles. The molecule has 0 fully saturated rings. The quantitative estimate of drug-likeness (QED) is 0.892. The third-order valence-electron chi connectivity index (χ3n) is 2.59. The molecule has 0 aromatic heterocycles. The van der Waals surface area contributed by atoms with Crippen LogP contribution in [0.15, 0.2) is 28.7 Å². The van der Waals surface area contributed by atoms with E-state index >= 15 is 0 Å². The van der Waals surface area contributed by atoms with Gasteiger partial charge in [0.05, 0.1) is 0 Å². The summed E-state index contributed by atoms with van der Waals surface area (Å²) in [7, 11) is 0. The Morgan fingerprint density at radius 1 is 1.22 bits per heavy atom. The monoisotopic (exact) mass is 321 g/mol. The van der Waals surface area contributed by atoms with Gasteiger partial charge in [-0.3, -0.25) is 0 Å². The molecule has 0 saturated carbocycles. The van der Waals surface area contributed by atoms with Crippen LogP contribution in [0, 0.1) is 0 Å². The third-order valence-corrected chi connectivity index (χ3v) is 3.12. The number of halogens is 3. The number of nitrogens with one attached hydrogen (secondary N) is 1. The Kier molecular flexibility index (Phi) is 4.86. The average Bonchev–Trinajstić information content (AvgIpc) is 2.25. The number of hydrogen-bond acceptors (Lipinski definition) is 2. The molecule has 2 nitrogen and oxygen atoms in total. The van der Waals surface area contributed by atoms with E-state index in [-0.39, 0.29) is 17.6 Å². The van der Waals surface area contributed by atoms with Gasteiger partial charge in [-0.05, 0) is 38.5 Å². The smallest absolute Gasteiger partial charge is 0.272 e. The van der Waals surface area contributed by atoms with Crippen molar-refractivity contribution < 1.29 is 13.9 Å². The van der Waals surface area contributed by atoms with Gasteiger partial charge in [-0.1, -0.05) is 28.1 Å². The highest BCUT2D eigenvalue weighted by Gasteiger charge is 2.40. The van der Waals surface area contributed by atoms with Crippen LogP contribution in [0.4, 0.5) is 8.78 Å². The predicted octanol–water partition coefficient (Wildman–Crippen LogP) is 3.29. The van der Waals surface area contributed by atoms with Gasteiger partial charge in [0.25, 0.3) is 6.43 Å². The minimum atomic E-state index is -2.85. The maximum atomic E-state index is 13.1. The van der Waals surface area contributed by atoms with Gasteiger partial charge >= 0.3 is 0 Å². The number of benzene rings is 1. The van der Waals surface area contributed by atoms with Crippen LogP contribution in [0.3, 0.4) is 0 Å². The Balaban J connectivity index is 2.96. The van der Waals surface area contributed by atoms with Gasteiger partial charge in [0.15, 0.2) is 5.60 Å².